The molecule has 1 aromatic rings. The highest BCUT2D eigenvalue weighted by Crippen LogP contribution is 2.71. The molecule has 3 saturated carbocycles. The molecule has 3 fully saturated rings. The number of rotatable bonds is 6. The fourth-order valence-corrected chi connectivity index (χ4v) is 9.60. The van der Waals surface area contributed by atoms with Gasteiger partial charge in [0.1, 0.15) is 12.3 Å². The summed E-state index contributed by atoms with van der Waals surface area (Å²) in [6.07, 6.45) is 11.5. The van der Waals surface area contributed by atoms with Gasteiger partial charge in [0, 0.05) is 41.0 Å². The fraction of sp³-hybridized carbons (Fsp3) is 0.636. The number of benzene rings is 1. The van der Waals surface area contributed by atoms with Gasteiger partial charge in [-0.05, 0) is 85.1 Å². The van der Waals surface area contributed by atoms with Crippen LogP contribution in [0.25, 0.3) is 0 Å². The van der Waals surface area contributed by atoms with E-state index in [4.69, 9.17) is 9.94 Å². The fourth-order valence-electron chi connectivity index (χ4n) is 9.16. The van der Waals surface area contributed by atoms with Gasteiger partial charge in [-0.2, -0.15) is 5.10 Å². The van der Waals surface area contributed by atoms with E-state index >= 15 is 0 Å². The van der Waals surface area contributed by atoms with Crippen molar-refractivity contribution in [3.63, 3.8) is 0 Å². The van der Waals surface area contributed by atoms with Crippen LogP contribution < -0.4 is 0 Å². The van der Waals surface area contributed by atoms with E-state index in [0.29, 0.717) is 24.4 Å². The standard InChI is InChI=1S/C33H46BrN3O2/c1-8-29(35-37(6)7)33(5)21(2)16-27-26-13-12-23-18-25(36-39-20-22-10-9-11-24(34)17-22)14-15-31(23,3)30(26)28(38)19-32(27,33)4/h9-11,14-15,17-18,21,26-28,30,38H,8,12-13,16,19-20H2,1-7H3/b35-29?,36-25+/t21-,26+,27+,28+,30-,31+,32+,33-/m1/s1. The lowest BCUT2D eigenvalue weighted by atomic mass is 9.44. The Hall–Kier alpha value is -1.92. The van der Waals surface area contributed by atoms with Gasteiger partial charge < -0.3 is 15.0 Å². The topological polar surface area (TPSA) is 57.4 Å². The average molecular weight is 597 g/mol. The van der Waals surface area contributed by atoms with Gasteiger partial charge in [-0.15, -0.1) is 0 Å². The third-order valence-corrected chi connectivity index (χ3v) is 11.7. The minimum absolute atomic E-state index is 0.0203. The van der Waals surface area contributed by atoms with Crippen LogP contribution in [0.1, 0.15) is 72.3 Å². The van der Waals surface area contributed by atoms with Crippen LogP contribution in [0, 0.1) is 39.9 Å². The van der Waals surface area contributed by atoms with E-state index in [2.05, 4.69) is 80.0 Å². The Balaban J connectivity index is 1.39. The molecule has 0 spiro atoms. The number of aliphatic hydroxyl groups excluding tert-OH is 1. The van der Waals surface area contributed by atoms with Gasteiger partial charge in [-0.1, -0.05) is 79.5 Å². The van der Waals surface area contributed by atoms with Gasteiger partial charge in [-0.25, -0.2) is 0 Å². The van der Waals surface area contributed by atoms with E-state index in [1.54, 1.807) is 0 Å². The van der Waals surface area contributed by atoms with E-state index in [-0.39, 0.29) is 28.3 Å². The molecule has 0 heterocycles. The number of nitrogens with zero attached hydrogens (tertiary/aromatic N) is 3. The second kappa shape index (κ2) is 10.5. The first-order valence-electron chi connectivity index (χ1n) is 14.7. The number of allylic oxidation sites excluding steroid dienone is 4. The van der Waals surface area contributed by atoms with Gasteiger partial charge in [0.05, 0.1) is 6.10 Å². The van der Waals surface area contributed by atoms with Crippen molar-refractivity contribution in [2.75, 3.05) is 14.1 Å². The summed E-state index contributed by atoms with van der Waals surface area (Å²) in [7, 11) is 4.05. The van der Waals surface area contributed by atoms with Crippen molar-refractivity contribution in [2.45, 2.75) is 79.4 Å². The van der Waals surface area contributed by atoms with Crippen molar-refractivity contribution in [3.05, 3.63) is 58.1 Å². The van der Waals surface area contributed by atoms with Crippen molar-refractivity contribution in [1.29, 1.82) is 0 Å². The van der Waals surface area contributed by atoms with Crippen LogP contribution >= 0.6 is 15.9 Å². The SMILES string of the molecule is CCC(=NN(C)C)[C@@]1(C)[C@H](C)C[C@H]2[C@@H]3CCC4=C/C(=N/OCc5cccc(Br)c5)C=C[C@]4(C)[C@H]3[C@@H](O)C[C@@]21C. The molecule has 6 heteroatoms. The van der Waals surface area contributed by atoms with Crippen LogP contribution in [0.5, 0.6) is 0 Å². The van der Waals surface area contributed by atoms with E-state index in [9.17, 15) is 5.11 Å². The molecule has 4 aliphatic carbocycles. The Morgan fingerprint density at radius 1 is 1.23 bits per heavy atom. The molecule has 1 aromatic carbocycles. The third-order valence-electron chi connectivity index (χ3n) is 11.2. The number of halogens is 1. The Labute approximate surface area is 243 Å². The molecule has 1 N–H and O–H groups in total. The normalized spacial score (nSPS) is 40.5. The molecule has 0 radical (unpaired) electrons. The van der Waals surface area contributed by atoms with Gasteiger partial charge >= 0.3 is 0 Å². The Kier molecular flexibility index (Phi) is 7.69. The van der Waals surface area contributed by atoms with Crippen LogP contribution in [0.2, 0.25) is 0 Å². The van der Waals surface area contributed by atoms with Crippen molar-refractivity contribution in [1.82, 2.24) is 5.01 Å². The molecule has 0 unspecified atom stereocenters. The molecule has 8 atom stereocenters. The number of oxime groups is 1. The van der Waals surface area contributed by atoms with Crippen molar-refractivity contribution in [2.24, 2.45) is 50.2 Å². The first-order valence-corrected chi connectivity index (χ1v) is 15.5. The Morgan fingerprint density at radius 2 is 2.00 bits per heavy atom. The molecule has 5 nitrogen and oxygen atoms in total. The zero-order valence-corrected chi connectivity index (χ0v) is 26.3. The number of hydrogen-bond acceptors (Lipinski definition) is 5. The maximum Gasteiger partial charge on any atom is 0.142 e. The highest BCUT2D eigenvalue weighted by Gasteiger charge is 2.67. The summed E-state index contributed by atoms with van der Waals surface area (Å²) >= 11 is 3.52. The van der Waals surface area contributed by atoms with E-state index in [0.717, 1.165) is 41.4 Å². The van der Waals surface area contributed by atoms with Crippen LogP contribution in [0.15, 0.2) is 62.8 Å². The second-order valence-electron chi connectivity index (χ2n) is 13.3. The zero-order chi connectivity index (χ0) is 28.2. The number of aliphatic hydroxyl groups is 1. The van der Waals surface area contributed by atoms with Gasteiger partial charge in [0.15, 0.2) is 0 Å². The molecule has 39 heavy (non-hydrogen) atoms. The zero-order valence-electron chi connectivity index (χ0n) is 24.7. The molecule has 0 amide bonds. The lowest BCUT2D eigenvalue weighted by Crippen LogP contribution is -2.58. The monoisotopic (exact) mass is 595 g/mol. The summed E-state index contributed by atoms with van der Waals surface area (Å²) in [5.41, 5.74) is 4.48. The first kappa shape index (κ1) is 28.6. The molecule has 4 aliphatic rings. The van der Waals surface area contributed by atoms with Gasteiger partial charge in [-0.3, -0.25) is 0 Å². The average Bonchev–Trinajstić information content (AvgIpc) is 3.08. The van der Waals surface area contributed by atoms with Crippen LogP contribution in [0.4, 0.5) is 0 Å². The molecular weight excluding hydrogens is 550 g/mol. The third kappa shape index (κ3) is 4.64. The summed E-state index contributed by atoms with van der Waals surface area (Å²) in [6, 6.07) is 8.11. The highest BCUT2D eigenvalue weighted by atomic mass is 79.9. The molecule has 5 rings (SSSR count). The number of hydrogen-bond donors (Lipinski definition) is 1. The minimum Gasteiger partial charge on any atom is -0.393 e. The molecule has 0 bridgehead atoms. The van der Waals surface area contributed by atoms with Gasteiger partial charge in [0.2, 0.25) is 0 Å². The highest BCUT2D eigenvalue weighted by molar-refractivity contribution is 9.10. The minimum atomic E-state index is -0.344. The molecule has 0 aliphatic heterocycles. The summed E-state index contributed by atoms with van der Waals surface area (Å²) < 4.78 is 1.04. The Morgan fingerprint density at radius 3 is 2.69 bits per heavy atom. The summed E-state index contributed by atoms with van der Waals surface area (Å²) in [4.78, 5) is 5.73. The maximum atomic E-state index is 12.0. The van der Waals surface area contributed by atoms with Crippen molar-refractivity contribution < 1.29 is 9.94 Å². The van der Waals surface area contributed by atoms with Crippen molar-refractivity contribution >= 4 is 27.4 Å². The molecule has 0 saturated heterocycles. The second-order valence-corrected chi connectivity index (χ2v) is 14.2. The molecule has 212 valence electrons. The summed E-state index contributed by atoms with van der Waals surface area (Å²) in [6.45, 7) is 12.4. The van der Waals surface area contributed by atoms with Gasteiger partial charge in [0.25, 0.3) is 0 Å². The van der Waals surface area contributed by atoms with Crippen LogP contribution in [-0.2, 0) is 11.4 Å². The molecule has 0 aromatic heterocycles. The van der Waals surface area contributed by atoms with Crippen LogP contribution in [0.3, 0.4) is 0 Å². The van der Waals surface area contributed by atoms with Crippen LogP contribution in [-0.4, -0.2) is 41.7 Å². The van der Waals surface area contributed by atoms with Crippen molar-refractivity contribution in [3.8, 4) is 0 Å². The largest absolute Gasteiger partial charge is 0.393 e. The smallest absolute Gasteiger partial charge is 0.142 e. The van der Waals surface area contributed by atoms with E-state index < -0.39 is 0 Å². The maximum absolute atomic E-state index is 12.0. The van der Waals surface area contributed by atoms with E-state index in [1.165, 1.54) is 17.7 Å². The predicted octanol–water partition coefficient (Wildman–Crippen LogP) is 7.61. The summed E-state index contributed by atoms with van der Waals surface area (Å²) in [5, 5.41) is 23.4. The quantitative estimate of drug-likeness (QED) is 0.272. The molecular formula is C33H46BrN3O2. The predicted molar refractivity (Wildman–Crippen MR) is 163 cm³/mol. The Bertz CT molecular complexity index is 1220. The first-order chi connectivity index (χ1) is 18.4. The van der Waals surface area contributed by atoms with E-state index in [1.807, 2.05) is 37.3 Å². The summed E-state index contributed by atoms with van der Waals surface area (Å²) in [5.74, 6) is 1.84. The number of fused-ring (bicyclic) bond motifs is 5. The lowest BCUT2D eigenvalue weighted by molar-refractivity contribution is -0.122. The number of hydrazone groups is 1. The lowest BCUT2D eigenvalue weighted by Gasteiger charge is -2.60.